The van der Waals surface area contributed by atoms with Crippen molar-refractivity contribution < 1.29 is 19.0 Å². The number of hydrogen-bond donors (Lipinski definition) is 1. The monoisotopic (exact) mass is 485 g/mol. The van der Waals surface area contributed by atoms with Gasteiger partial charge in [-0.05, 0) is 18.1 Å². The van der Waals surface area contributed by atoms with Crippen LogP contribution in [0.25, 0.3) is 0 Å². The fourth-order valence-electron chi connectivity index (χ4n) is 3.84. The summed E-state index contributed by atoms with van der Waals surface area (Å²) in [4.78, 5) is 16.9. The van der Waals surface area contributed by atoms with Gasteiger partial charge in [-0.2, -0.15) is 0 Å². The van der Waals surface area contributed by atoms with E-state index >= 15 is 0 Å². The number of amides is 1. The number of methoxy groups -OCH3 is 3. The summed E-state index contributed by atoms with van der Waals surface area (Å²) in [6.07, 6.45) is 0.558. The summed E-state index contributed by atoms with van der Waals surface area (Å²) in [5, 5.41) is 0. The van der Waals surface area contributed by atoms with Crippen LogP contribution in [0.15, 0.2) is 42.5 Å². The normalized spacial score (nSPS) is 14.6. The van der Waals surface area contributed by atoms with Crippen LogP contribution in [0.4, 0.5) is 0 Å². The minimum atomic E-state index is -0.509. The molecule has 1 aliphatic rings. The molecule has 0 spiro atoms. The fourth-order valence-corrected chi connectivity index (χ4v) is 3.84. The van der Waals surface area contributed by atoms with E-state index in [4.69, 9.17) is 19.9 Å². The molecule has 0 bridgehead atoms. The summed E-state index contributed by atoms with van der Waals surface area (Å²) in [5.74, 6) is 1.93. The molecule has 2 aromatic carbocycles. The number of benzene rings is 2. The lowest BCUT2D eigenvalue weighted by Gasteiger charge is -2.36. The standard InChI is InChI=1S/C23H31N3O4.2ClH/c1-28-20-10-9-18(21(29-2)22(20)30-3)16-25-11-13-26(14-12-25)23(27)19(24)15-17-7-5-4-6-8-17;;/h4-10,19H,11-16,24H2,1-3H3;2*1H/t19-;;/m0../s1. The maximum absolute atomic E-state index is 12.8. The van der Waals surface area contributed by atoms with Crippen LogP contribution >= 0.6 is 24.8 Å². The van der Waals surface area contributed by atoms with Crippen molar-refractivity contribution in [3.8, 4) is 17.2 Å². The van der Waals surface area contributed by atoms with Gasteiger partial charge in [0.25, 0.3) is 0 Å². The zero-order chi connectivity index (χ0) is 21.5. The number of carbonyl (C=O) groups excluding carboxylic acids is 1. The van der Waals surface area contributed by atoms with Crippen molar-refractivity contribution in [3.05, 3.63) is 53.6 Å². The first-order chi connectivity index (χ1) is 14.6. The number of hydrogen-bond acceptors (Lipinski definition) is 6. The number of rotatable bonds is 8. The van der Waals surface area contributed by atoms with Crippen LogP contribution in [-0.2, 0) is 17.8 Å². The summed E-state index contributed by atoms with van der Waals surface area (Å²) < 4.78 is 16.4. The summed E-state index contributed by atoms with van der Waals surface area (Å²) in [7, 11) is 4.84. The molecule has 0 radical (unpaired) electrons. The summed E-state index contributed by atoms with van der Waals surface area (Å²) in [6.45, 7) is 3.60. The van der Waals surface area contributed by atoms with Crippen LogP contribution in [0.5, 0.6) is 17.2 Å². The summed E-state index contributed by atoms with van der Waals surface area (Å²) in [6, 6.07) is 13.3. The lowest BCUT2D eigenvalue weighted by molar-refractivity contribution is -0.134. The average Bonchev–Trinajstić information content (AvgIpc) is 2.79. The molecule has 1 fully saturated rings. The number of nitrogens with two attached hydrogens (primary N) is 1. The Balaban J connectivity index is 0.00000256. The van der Waals surface area contributed by atoms with Crippen LogP contribution in [0, 0.1) is 0 Å². The van der Waals surface area contributed by atoms with Gasteiger partial charge >= 0.3 is 0 Å². The van der Waals surface area contributed by atoms with Gasteiger partial charge in [-0.3, -0.25) is 9.69 Å². The van der Waals surface area contributed by atoms with Crippen molar-refractivity contribution in [2.24, 2.45) is 5.73 Å². The first kappa shape index (κ1) is 27.8. The topological polar surface area (TPSA) is 77.3 Å². The second kappa shape index (κ2) is 13.4. The minimum absolute atomic E-state index is 0. The maximum atomic E-state index is 12.8. The van der Waals surface area contributed by atoms with E-state index in [1.807, 2.05) is 47.4 Å². The Bertz CT molecular complexity index is 847. The van der Waals surface area contributed by atoms with Crippen molar-refractivity contribution in [3.63, 3.8) is 0 Å². The first-order valence-corrected chi connectivity index (χ1v) is 10.2. The van der Waals surface area contributed by atoms with Crippen molar-refractivity contribution in [1.82, 2.24) is 9.80 Å². The molecule has 0 aromatic heterocycles. The molecule has 1 atom stereocenters. The van der Waals surface area contributed by atoms with E-state index in [0.29, 0.717) is 43.3 Å². The van der Waals surface area contributed by atoms with E-state index in [2.05, 4.69) is 4.90 Å². The molecule has 1 amide bonds. The van der Waals surface area contributed by atoms with E-state index in [1.165, 1.54) is 0 Å². The van der Waals surface area contributed by atoms with E-state index < -0.39 is 6.04 Å². The number of piperazine rings is 1. The molecule has 178 valence electrons. The third-order valence-corrected chi connectivity index (χ3v) is 5.48. The second-order valence-electron chi connectivity index (χ2n) is 7.39. The van der Waals surface area contributed by atoms with E-state index in [0.717, 1.165) is 24.2 Å². The molecule has 0 unspecified atom stereocenters. The molecule has 2 aromatic rings. The third kappa shape index (κ3) is 6.65. The highest BCUT2D eigenvalue weighted by molar-refractivity contribution is 5.85. The van der Waals surface area contributed by atoms with Gasteiger partial charge in [0.05, 0.1) is 27.4 Å². The van der Waals surface area contributed by atoms with Gasteiger partial charge in [0.2, 0.25) is 11.7 Å². The fraction of sp³-hybridized carbons (Fsp3) is 0.435. The second-order valence-corrected chi connectivity index (χ2v) is 7.39. The van der Waals surface area contributed by atoms with E-state index in [9.17, 15) is 4.79 Å². The summed E-state index contributed by atoms with van der Waals surface area (Å²) in [5.41, 5.74) is 8.29. The Labute approximate surface area is 202 Å². The van der Waals surface area contributed by atoms with E-state index in [1.54, 1.807) is 21.3 Å². The quantitative estimate of drug-likeness (QED) is 0.619. The predicted octanol–water partition coefficient (Wildman–Crippen LogP) is 2.77. The molecule has 9 heteroatoms. The Hall–Kier alpha value is -2.19. The predicted molar refractivity (Wildman–Crippen MR) is 131 cm³/mol. The Morgan fingerprint density at radius 2 is 1.53 bits per heavy atom. The zero-order valence-electron chi connectivity index (χ0n) is 18.8. The van der Waals surface area contributed by atoms with Crippen molar-refractivity contribution in [1.29, 1.82) is 0 Å². The lowest BCUT2D eigenvalue weighted by Crippen LogP contribution is -2.53. The Morgan fingerprint density at radius 1 is 0.906 bits per heavy atom. The van der Waals surface area contributed by atoms with Crippen LogP contribution in [0.3, 0.4) is 0 Å². The highest BCUT2D eigenvalue weighted by atomic mass is 35.5. The molecule has 0 saturated carbocycles. The van der Waals surface area contributed by atoms with Gasteiger partial charge in [-0.15, -0.1) is 24.8 Å². The molecule has 3 rings (SSSR count). The molecular weight excluding hydrogens is 453 g/mol. The van der Waals surface area contributed by atoms with Gasteiger partial charge in [-0.25, -0.2) is 0 Å². The van der Waals surface area contributed by atoms with Gasteiger partial charge in [0.15, 0.2) is 11.5 Å². The summed E-state index contributed by atoms with van der Waals surface area (Å²) >= 11 is 0. The SMILES string of the molecule is COc1ccc(CN2CCN(C(=O)[C@@H](N)Cc3ccccc3)CC2)c(OC)c1OC.Cl.Cl. The zero-order valence-corrected chi connectivity index (χ0v) is 20.4. The molecule has 32 heavy (non-hydrogen) atoms. The third-order valence-electron chi connectivity index (χ3n) is 5.48. The van der Waals surface area contributed by atoms with Crippen LogP contribution in [0.1, 0.15) is 11.1 Å². The largest absolute Gasteiger partial charge is 0.493 e. The number of halogens is 2. The molecule has 0 aliphatic carbocycles. The first-order valence-electron chi connectivity index (χ1n) is 10.2. The lowest BCUT2D eigenvalue weighted by atomic mass is 10.1. The van der Waals surface area contributed by atoms with Crippen LogP contribution in [0.2, 0.25) is 0 Å². The van der Waals surface area contributed by atoms with E-state index in [-0.39, 0.29) is 30.7 Å². The van der Waals surface area contributed by atoms with Crippen molar-refractivity contribution in [2.75, 3.05) is 47.5 Å². The van der Waals surface area contributed by atoms with Crippen molar-refractivity contribution >= 4 is 30.7 Å². The minimum Gasteiger partial charge on any atom is -0.493 e. The van der Waals surface area contributed by atoms with Crippen LogP contribution < -0.4 is 19.9 Å². The molecular formula is C23H33Cl2N3O4. The molecule has 1 saturated heterocycles. The Morgan fingerprint density at radius 3 is 2.09 bits per heavy atom. The van der Waals surface area contributed by atoms with Crippen molar-refractivity contribution in [2.45, 2.75) is 19.0 Å². The Kier molecular flexibility index (Phi) is 11.6. The molecule has 1 heterocycles. The number of nitrogens with zero attached hydrogens (tertiary/aromatic N) is 2. The highest BCUT2D eigenvalue weighted by Gasteiger charge is 2.26. The average molecular weight is 486 g/mol. The smallest absolute Gasteiger partial charge is 0.239 e. The van der Waals surface area contributed by atoms with Gasteiger partial charge in [0.1, 0.15) is 0 Å². The number of carbonyl (C=O) groups is 1. The van der Waals surface area contributed by atoms with Gasteiger partial charge < -0.3 is 24.8 Å². The van der Waals surface area contributed by atoms with Crippen LogP contribution in [-0.4, -0.2) is 69.3 Å². The maximum Gasteiger partial charge on any atom is 0.239 e. The highest BCUT2D eigenvalue weighted by Crippen LogP contribution is 2.40. The molecule has 2 N–H and O–H groups in total. The van der Waals surface area contributed by atoms with Gasteiger partial charge in [0, 0.05) is 38.3 Å². The number of ether oxygens (including phenoxy) is 3. The van der Waals surface area contributed by atoms with Gasteiger partial charge in [-0.1, -0.05) is 36.4 Å². The molecule has 7 nitrogen and oxygen atoms in total. The molecule has 1 aliphatic heterocycles.